The number of unbranched alkanes of at least 4 members (excludes halogenated alkanes) is 4. The summed E-state index contributed by atoms with van der Waals surface area (Å²) in [5.41, 5.74) is 1.49. The predicted molar refractivity (Wildman–Crippen MR) is 86.2 cm³/mol. The molecule has 0 aromatic heterocycles. The van der Waals surface area contributed by atoms with Crippen molar-refractivity contribution in [1.82, 2.24) is 0 Å². The quantitative estimate of drug-likeness (QED) is 0.229. The Balaban J connectivity index is 1.87. The third-order valence-corrected chi connectivity index (χ3v) is 3.60. The predicted octanol–water partition coefficient (Wildman–Crippen LogP) is 4.57. The van der Waals surface area contributed by atoms with Crippen LogP contribution in [0.1, 0.15) is 65.2 Å². The van der Waals surface area contributed by atoms with Crippen molar-refractivity contribution in [3.05, 3.63) is 23.8 Å². The van der Waals surface area contributed by atoms with E-state index in [4.69, 9.17) is 9.47 Å². The van der Waals surface area contributed by atoms with Gasteiger partial charge in [-0.1, -0.05) is 36.6 Å². The van der Waals surface area contributed by atoms with E-state index in [1.165, 1.54) is 24.8 Å². The molecule has 0 amide bonds. The van der Waals surface area contributed by atoms with Gasteiger partial charge in [0.2, 0.25) is 0 Å². The lowest BCUT2D eigenvalue weighted by molar-refractivity contribution is -0.144. The van der Waals surface area contributed by atoms with Crippen LogP contribution in [0.5, 0.6) is 0 Å². The van der Waals surface area contributed by atoms with Crippen molar-refractivity contribution in [3.8, 4) is 0 Å². The number of hydrogen-bond donors (Lipinski definition) is 0. The first kappa shape index (κ1) is 18.0. The standard InChI is InChI=1S/C18H30O3/c1-3-4-5-8-11-16(2)12-9-6-7-10-13-18(19)21-15-17-14-20-17/h3-4,11,17H,5-10,12-15H2,1-2H3/b4-3+,16-11+. The molecule has 1 saturated heterocycles. The molecule has 1 fully saturated rings. The van der Waals surface area contributed by atoms with Crippen LogP contribution in [-0.2, 0) is 14.3 Å². The van der Waals surface area contributed by atoms with E-state index in [0.717, 1.165) is 32.3 Å². The van der Waals surface area contributed by atoms with Crippen molar-refractivity contribution < 1.29 is 14.3 Å². The summed E-state index contributed by atoms with van der Waals surface area (Å²) in [5.74, 6) is -0.0782. The molecular weight excluding hydrogens is 264 g/mol. The minimum absolute atomic E-state index is 0.0782. The van der Waals surface area contributed by atoms with Crippen LogP contribution in [0.4, 0.5) is 0 Å². The van der Waals surface area contributed by atoms with E-state index < -0.39 is 0 Å². The molecule has 0 aliphatic carbocycles. The summed E-state index contributed by atoms with van der Waals surface area (Å²) in [6.07, 6.45) is 15.3. The molecule has 1 aliphatic rings. The topological polar surface area (TPSA) is 38.8 Å². The smallest absolute Gasteiger partial charge is 0.305 e. The fraction of sp³-hybridized carbons (Fsp3) is 0.722. The summed E-state index contributed by atoms with van der Waals surface area (Å²) in [6.45, 7) is 5.46. The van der Waals surface area contributed by atoms with Gasteiger partial charge in [0, 0.05) is 6.42 Å². The first-order valence-corrected chi connectivity index (χ1v) is 8.26. The third kappa shape index (κ3) is 11.3. The molecule has 0 saturated carbocycles. The van der Waals surface area contributed by atoms with Crippen molar-refractivity contribution in [2.45, 2.75) is 71.3 Å². The van der Waals surface area contributed by atoms with Gasteiger partial charge in [-0.2, -0.15) is 0 Å². The lowest BCUT2D eigenvalue weighted by atomic mass is 10.1. The maximum Gasteiger partial charge on any atom is 0.305 e. The molecule has 1 unspecified atom stereocenters. The Kier molecular flexibility index (Phi) is 9.88. The molecule has 0 spiro atoms. The zero-order chi connectivity index (χ0) is 15.3. The van der Waals surface area contributed by atoms with E-state index in [0.29, 0.717) is 13.0 Å². The van der Waals surface area contributed by atoms with Crippen molar-refractivity contribution in [3.63, 3.8) is 0 Å². The van der Waals surface area contributed by atoms with Crippen LogP contribution in [-0.4, -0.2) is 25.3 Å². The van der Waals surface area contributed by atoms with Gasteiger partial charge in [0.25, 0.3) is 0 Å². The summed E-state index contributed by atoms with van der Waals surface area (Å²) in [5, 5.41) is 0. The molecule has 0 bridgehead atoms. The highest BCUT2D eigenvalue weighted by atomic mass is 16.6. The normalized spacial score (nSPS) is 18.2. The number of epoxide rings is 1. The molecule has 3 nitrogen and oxygen atoms in total. The Labute approximate surface area is 129 Å². The lowest BCUT2D eigenvalue weighted by Gasteiger charge is -2.04. The Hall–Kier alpha value is -1.09. The number of esters is 1. The fourth-order valence-electron chi connectivity index (χ4n) is 2.14. The largest absolute Gasteiger partial charge is 0.463 e. The number of allylic oxidation sites excluding steroid dienone is 4. The van der Waals surface area contributed by atoms with Gasteiger partial charge in [0.15, 0.2) is 0 Å². The number of carbonyl (C=O) groups excluding carboxylic acids is 1. The summed E-state index contributed by atoms with van der Waals surface area (Å²) in [6, 6.07) is 0. The van der Waals surface area contributed by atoms with Crippen LogP contribution in [0.15, 0.2) is 23.8 Å². The number of hydrogen-bond acceptors (Lipinski definition) is 3. The van der Waals surface area contributed by atoms with Crippen molar-refractivity contribution in [2.75, 3.05) is 13.2 Å². The summed E-state index contributed by atoms with van der Waals surface area (Å²) in [4.78, 5) is 11.4. The second kappa shape index (κ2) is 11.6. The average Bonchev–Trinajstić information content (AvgIpc) is 3.29. The average molecular weight is 294 g/mol. The minimum atomic E-state index is -0.0782. The molecule has 1 atom stereocenters. The molecule has 0 N–H and O–H groups in total. The Morgan fingerprint density at radius 3 is 2.57 bits per heavy atom. The molecule has 0 aromatic rings. The highest BCUT2D eigenvalue weighted by molar-refractivity contribution is 5.69. The van der Waals surface area contributed by atoms with Crippen LogP contribution in [0.2, 0.25) is 0 Å². The zero-order valence-electron chi connectivity index (χ0n) is 13.6. The first-order chi connectivity index (χ1) is 10.2. The summed E-state index contributed by atoms with van der Waals surface area (Å²) < 4.78 is 10.1. The van der Waals surface area contributed by atoms with Gasteiger partial charge in [-0.05, 0) is 46.0 Å². The summed E-state index contributed by atoms with van der Waals surface area (Å²) in [7, 11) is 0. The molecule has 1 rings (SSSR count). The van der Waals surface area contributed by atoms with Gasteiger partial charge < -0.3 is 9.47 Å². The Morgan fingerprint density at radius 2 is 1.90 bits per heavy atom. The highest BCUT2D eigenvalue weighted by Gasteiger charge is 2.23. The minimum Gasteiger partial charge on any atom is -0.463 e. The van der Waals surface area contributed by atoms with Crippen molar-refractivity contribution in [1.29, 1.82) is 0 Å². The third-order valence-electron chi connectivity index (χ3n) is 3.60. The Morgan fingerprint density at radius 1 is 1.19 bits per heavy atom. The highest BCUT2D eigenvalue weighted by Crippen LogP contribution is 2.13. The van der Waals surface area contributed by atoms with Crippen LogP contribution in [0.25, 0.3) is 0 Å². The number of ether oxygens (including phenoxy) is 2. The maximum absolute atomic E-state index is 11.4. The zero-order valence-corrected chi connectivity index (χ0v) is 13.6. The van der Waals surface area contributed by atoms with Gasteiger partial charge in [0.05, 0.1) is 6.61 Å². The van der Waals surface area contributed by atoms with E-state index in [-0.39, 0.29) is 12.1 Å². The van der Waals surface area contributed by atoms with Gasteiger partial charge in [-0.15, -0.1) is 0 Å². The number of carbonyl (C=O) groups is 1. The van der Waals surface area contributed by atoms with Crippen LogP contribution in [0, 0.1) is 0 Å². The molecule has 3 heteroatoms. The molecule has 1 heterocycles. The van der Waals surface area contributed by atoms with Gasteiger partial charge in [0.1, 0.15) is 12.7 Å². The van der Waals surface area contributed by atoms with Crippen LogP contribution < -0.4 is 0 Å². The monoisotopic (exact) mass is 294 g/mol. The fourth-order valence-corrected chi connectivity index (χ4v) is 2.14. The van der Waals surface area contributed by atoms with E-state index in [1.807, 2.05) is 0 Å². The maximum atomic E-state index is 11.4. The van der Waals surface area contributed by atoms with Crippen LogP contribution >= 0.6 is 0 Å². The van der Waals surface area contributed by atoms with Crippen molar-refractivity contribution in [2.24, 2.45) is 0 Å². The van der Waals surface area contributed by atoms with E-state index >= 15 is 0 Å². The SMILES string of the molecule is C/C=C/CC/C=C(\C)CCCCCCC(=O)OCC1CO1. The molecule has 120 valence electrons. The molecule has 21 heavy (non-hydrogen) atoms. The first-order valence-electron chi connectivity index (χ1n) is 8.26. The van der Waals surface area contributed by atoms with Gasteiger partial charge >= 0.3 is 5.97 Å². The molecule has 0 aromatic carbocycles. The van der Waals surface area contributed by atoms with Crippen molar-refractivity contribution >= 4 is 5.97 Å². The van der Waals surface area contributed by atoms with Crippen LogP contribution in [0.3, 0.4) is 0 Å². The summed E-state index contributed by atoms with van der Waals surface area (Å²) >= 11 is 0. The lowest BCUT2D eigenvalue weighted by Crippen LogP contribution is -2.09. The molecular formula is C18H30O3. The van der Waals surface area contributed by atoms with Gasteiger partial charge in [-0.3, -0.25) is 4.79 Å². The Bertz CT molecular complexity index is 340. The molecule has 0 radical (unpaired) electrons. The van der Waals surface area contributed by atoms with E-state index in [9.17, 15) is 4.79 Å². The van der Waals surface area contributed by atoms with E-state index in [1.54, 1.807) is 0 Å². The van der Waals surface area contributed by atoms with Gasteiger partial charge in [-0.25, -0.2) is 0 Å². The second-order valence-electron chi connectivity index (χ2n) is 5.75. The second-order valence-corrected chi connectivity index (χ2v) is 5.75. The number of rotatable bonds is 12. The molecule has 1 aliphatic heterocycles. The van der Waals surface area contributed by atoms with E-state index in [2.05, 4.69) is 32.1 Å².